The number of likely N-dealkylation sites (tertiary alicyclic amines) is 1. The summed E-state index contributed by atoms with van der Waals surface area (Å²) in [6.07, 6.45) is 2.63. The minimum absolute atomic E-state index is 0.0972. The predicted molar refractivity (Wildman–Crippen MR) is 124 cm³/mol. The van der Waals surface area contributed by atoms with Gasteiger partial charge in [0.25, 0.3) is 5.91 Å². The summed E-state index contributed by atoms with van der Waals surface area (Å²) in [5, 5.41) is 11.7. The van der Waals surface area contributed by atoms with E-state index in [9.17, 15) is 4.79 Å². The van der Waals surface area contributed by atoms with Crippen molar-refractivity contribution in [2.75, 3.05) is 26.7 Å². The van der Waals surface area contributed by atoms with E-state index in [0.29, 0.717) is 30.2 Å². The van der Waals surface area contributed by atoms with Crippen molar-refractivity contribution < 1.29 is 14.2 Å². The van der Waals surface area contributed by atoms with Crippen LogP contribution in [0.2, 0.25) is 0 Å². The van der Waals surface area contributed by atoms with Gasteiger partial charge in [-0.15, -0.1) is 0 Å². The summed E-state index contributed by atoms with van der Waals surface area (Å²) in [6.45, 7) is 2.23. The fourth-order valence-corrected chi connectivity index (χ4v) is 4.56. The van der Waals surface area contributed by atoms with Gasteiger partial charge in [-0.2, -0.15) is 4.98 Å². The molecule has 8 nitrogen and oxygen atoms in total. The van der Waals surface area contributed by atoms with Gasteiger partial charge in [-0.05, 0) is 42.6 Å². The number of piperidine rings is 1. The Morgan fingerprint density at radius 1 is 1.15 bits per heavy atom. The van der Waals surface area contributed by atoms with E-state index in [2.05, 4.69) is 32.7 Å². The molecule has 8 heteroatoms. The molecule has 2 saturated heterocycles. The minimum Gasteiger partial charge on any atom is -0.399 e. The number of carbonyl (C=O) groups excluding carboxylic acids is 1. The second-order valence-electron chi connectivity index (χ2n) is 8.47. The van der Waals surface area contributed by atoms with Crippen LogP contribution in [-0.2, 0) is 4.84 Å². The zero-order chi connectivity index (χ0) is 22.6. The maximum atomic E-state index is 13.5. The standard InChI is InChI=1S/C25H27N5O3/c1-32-28-21-14-22(24-27-23(29-33-24)20-8-5-13-26-15-20)30(16-21)25(31)19-11-9-18(10-12-19)17-6-3-2-4-7-17/h2-4,6-7,9-12,20,22,26H,5,8,13-16H2,1H3/b28-21-/t20?,22-/m0/s1. The lowest BCUT2D eigenvalue weighted by Gasteiger charge is -2.21. The van der Waals surface area contributed by atoms with Crippen LogP contribution in [0.4, 0.5) is 0 Å². The summed E-state index contributed by atoms with van der Waals surface area (Å²) in [5.74, 6) is 1.29. The molecule has 3 aromatic rings. The number of amides is 1. The van der Waals surface area contributed by atoms with Crippen molar-refractivity contribution in [3.8, 4) is 11.1 Å². The molecule has 2 atom stereocenters. The molecule has 1 N–H and O–H groups in total. The predicted octanol–water partition coefficient (Wildman–Crippen LogP) is 3.79. The SMILES string of the molecule is CO/N=C1/C[C@@H](c2nc(C3CCCNC3)no2)N(C(=O)c2ccc(-c3ccccc3)cc2)C1. The number of oxime groups is 1. The highest BCUT2D eigenvalue weighted by Crippen LogP contribution is 2.33. The van der Waals surface area contributed by atoms with Crippen LogP contribution >= 0.6 is 0 Å². The van der Waals surface area contributed by atoms with E-state index in [-0.39, 0.29) is 17.9 Å². The average molecular weight is 446 g/mol. The van der Waals surface area contributed by atoms with Crippen molar-refractivity contribution >= 4 is 11.6 Å². The molecule has 1 aromatic heterocycles. The first kappa shape index (κ1) is 21.3. The van der Waals surface area contributed by atoms with Crippen LogP contribution in [0, 0.1) is 0 Å². The molecular formula is C25H27N5O3. The monoisotopic (exact) mass is 445 g/mol. The number of rotatable bonds is 5. The Bertz CT molecular complexity index is 1120. The second kappa shape index (κ2) is 9.54. The Balaban J connectivity index is 1.38. The first-order chi connectivity index (χ1) is 16.2. The maximum Gasteiger partial charge on any atom is 0.254 e. The molecule has 2 aliphatic rings. The largest absolute Gasteiger partial charge is 0.399 e. The fourth-order valence-electron chi connectivity index (χ4n) is 4.56. The van der Waals surface area contributed by atoms with Gasteiger partial charge in [0.05, 0.1) is 12.3 Å². The minimum atomic E-state index is -0.363. The molecule has 2 aliphatic heterocycles. The number of carbonyl (C=O) groups is 1. The second-order valence-corrected chi connectivity index (χ2v) is 8.47. The molecule has 33 heavy (non-hydrogen) atoms. The zero-order valence-corrected chi connectivity index (χ0v) is 18.6. The molecule has 5 rings (SSSR count). The number of hydrogen-bond acceptors (Lipinski definition) is 7. The summed E-state index contributed by atoms with van der Waals surface area (Å²) in [5.41, 5.74) is 3.56. The van der Waals surface area contributed by atoms with Gasteiger partial charge < -0.3 is 19.6 Å². The Morgan fingerprint density at radius 2 is 1.94 bits per heavy atom. The van der Waals surface area contributed by atoms with Gasteiger partial charge in [-0.25, -0.2) is 0 Å². The van der Waals surface area contributed by atoms with Crippen molar-refractivity contribution in [3.05, 3.63) is 71.9 Å². The molecule has 0 spiro atoms. The Kier molecular flexibility index (Phi) is 6.17. The van der Waals surface area contributed by atoms with Gasteiger partial charge in [0, 0.05) is 24.4 Å². The van der Waals surface area contributed by atoms with Crippen molar-refractivity contribution in [1.82, 2.24) is 20.4 Å². The first-order valence-corrected chi connectivity index (χ1v) is 11.3. The topological polar surface area (TPSA) is 92.8 Å². The van der Waals surface area contributed by atoms with Crippen LogP contribution in [0.25, 0.3) is 11.1 Å². The number of benzene rings is 2. The van der Waals surface area contributed by atoms with E-state index in [1.54, 1.807) is 4.90 Å². The summed E-state index contributed by atoms with van der Waals surface area (Å²) in [6, 6.07) is 17.4. The highest BCUT2D eigenvalue weighted by Gasteiger charge is 2.39. The summed E-state index contributed by atoms with van der Waals surface area (Å²) >= 11 is 0. The third-order valence-corrected chi connectivity index (χ3v) is 6.28. The lowest BCUT2D eigenvalue weighted by molar-refractivity contribution is 0.0713. The molecule has 3 heterocycles. The molecule has 0 saturated carbocycles. The normalized spacial score (nSPS) is 22.0. The van der Waals surface area contributed by atoms with E-state index >= 15 is 0 Å². The van der Waals surface area contributed by atoms with E-state index in [1.165, 1.54) is 7.11 Å². The van der Waals surface area contributed by atoms with Crippen LogP contribution in [0.1, 0.15) is 53.3 Å². The smallest absolute Gasteiger partial charge is 0.254 e. The molecule has 0 aliphatic carbocycles. The van der Waals surface area contributed by atoms with Gasteiger partial charge in [0.2, 0.25) is 5.89 Å². The molecule has 170 valence electrons. The summed E-state index contributed by atoms with van der Waals surface area (Å²) in [7, 11) is 1.51. The summed E-state index contributed by atoms with van der Waals surface area (Å²) in [4.78, 5) is 24.9. The zero-order valence-electron chi connectivity index (χ0n) is 18.6. The van der Waals surface area contributed by atoms with E-state index in [4.69, 9.17) is 9.36 Å². The lowest BCUT2D eigenvalue weighted by Crippen LogP contribution is -2.31. The van der Waals surface area contributed by atoms with Crippen molar-refractivity contribution in [2.45, 2.75) is 31.2 Å². The molecular weight excluding hydrogens is 418 g/mol. The van der Waals surface area contributed by atoms with Crippen molar-refractivity contribution in [3.63, 3.8) is 0 Å². The number of nitrogens with one attached hydrogen (secondary N) is 1. The van der Waals surface area contributed by atoms with Crippen LogP contribution in [-0.4, -0.2) is 53.4 Å². The molecule has 1 unspecified atom stereocenters. The van der Waals surface area contributed by atoms with Crippen LogP contribution in [0.5, 0.6) is 0 Å². The van der Waals surface area contributed by atoms with Gasteiger partial charge in [-0.3, -0.25) is 4.79 Å². The molecule has 0 bridgehead atoms. The molecule has 2 fully saturated rings. The molecule has 2 aromatic carbocycles. The van der Waals surface area contributed by atoms with Gasteiger partial charge in [0.15, 0.2) is 5.82 Å². The number of hydrogen-bond donors (Lipinski definition) is 1. The third kappa shape index (κ3) is 4.52. The Hall–Kier alpha value is -3.52. The Labute approximate surface area is 192 Å². The van der Waals surface area contributed by atoms with Gasteiger partial charge in [0.1, 0.15) is 13.2 Å². The highest BCUT2D eigenvalue weighted by molar-refractivity contribution is 6.00. The average Bonchev–Trinajstić information content (AvgIpc) is 3.53. The Morgan fingerprint density at radius 3 is 2.67 bits per heavy atom. The lowest BCUT2D eigenvalue weighted by atomic mass is 9.99. The van der Waals surface area contributed by atoms with E-state index in [0.717, 1.165) is 42.8 Å². The quantitative estimate of drug-likeness (QED) is 0.601. The maximum absolute atomic E-state index is 13.5. The third-order valence-electron chi connectivity index (χ3n) is 6.28. The van der Waals surface area contributed by atoms with Crippen molar-refractivity contribution in [2.24, 2.45) is 5.16 Å². The van der Waals surface area contributed by atoms with Crippen LogP contribution < -0.4 is 5.32 Å². The van der Waals surface area contributed by atoms with Gasteiger partial charge >= 0.3 is 0 Å². The fraction of sp³-hybridized carbons (Fsp3) is 0.360. The molecule has 1 amide bonds. The van der Waals surface area contributed by atoms with Crippen LogP contribution in [0.15, 0.2) is 64.3 Å². The van der Waals surface area contributed by atoms with Gasteiger partial charge in [-0.1, -0.05) is 52.8 Å². The molecule has 0 radical (unpaired) electrons. The van der Waals surface area contributed by atoms with E-state index < -0.39 is 0 Å². The highest BCUT2D eigenvalue weighted by atomic mass is 16.6. The van der Waals surface area contributed by atoms with Crippen LogP contribution in [0.3, 0.4) is 0 Å². The summed E-state index contributed by atoms with van der Waals surface area (Å²) < 4.78 is 5.64. The van der Waals surface area contributed by atoms with E-state index in [1.807, 2.05) is 42.5 Å². The number of nitrogens with zero attached hydrogens (tertiary/aromatic N) is 4. The first-order valence-electron chi connectivity index (χ1n) is 11.3. The number of aromatic nitrogens is 2. The van der Waals surface area contributed by atoms with Crippen molar-refractivity contribution in [1.29, 1.82) is 0 Å².